The highest BCUT2D eigenvalue weighted by atomic mass is 32.1. The van der Waals surface area contributed by atoms with Crippen LogP contribution in [-0.2, 0) is 9.59 Å². The van der Waals surface area contributed by atoms with Crippen LogP contribution in [0.5, 0.6) is 0 Å². The Morgan fingerprint density at radius 1 is 1.17 bits per heavy atom. The molecule has 2 aromatic rings. The maximum Gasteiger partial charge on any atom is 0.329 e. The predicted octanol–water partition coefficient (Wildman–Crippen LogP) is 1.33. The van der Waals surface area contributed by atoms with E-state index in [4.69, 9.17) is 5.73 Å². The molecule has 0 fully saturated rings. The van der Waals surface area contributed by atoms with Gasteiger partial charge in [0.2, 0.25) is 0 Å². The number of anilines is 1. The van der Waals surface area contributed by atoms with Crippen LogP contribution in [0.25, 0.3) is 0 Å². The second-order valence-corrected chi connectivity index (χ2v) is 5.46. The highest BCUT2D eigenvalue weighted by Crippen LogP contribution is 2.15. The van der Waals surface area contributed by atoms with Crippen LogP contribution >= 0.6 is 11.3 Å². The summed E-state index contributed by atoms with van der Waals surface area (Å²) in [6.45, 7) is 1.65. The lowest BCUT2D eigenvalue weighted by atomic mass is 10.1. The molecule has 0 saturated heterocycles. The number of carbonyl (C=O) groups excluding carboxylic acids is 3. The van der Waals surface area contributed by atoms with Gasteiger partial charge < -0.3 is 11.1 Å². The number of primary amides is 1. The largest absolute Gasteiger partial charge is 0.361 e. The van der Waals surface area contributed by atoms with E-state index in [1.54, 1.807) is 43.3 Å². The summed E-state index contributed by atoms with van der Waals surface area (Å²) >= 11 is 1.35. The number of hydrogen-bond acceptors (Lipinski definition) is 5. The van der Waals surface area contributed by atoms with Crippen LogP contribution in [0.4, 0.5) is 5.69 Å². The van der Waals surface area contributed by atoms with Gasteiger partial charge in [0.1, 0.15) is 0 Å². The van der Waals surface area contributed by atoms with Crippen molar-refractivity contribution in [1.82, 2.24) is 5.43 Å². The molecule has 0 radical (unpaired) electrons. The molecular formula is C15H14N4O3S. The van der Waals surface area contributed by atoms with E-state index in [1.807, 2.05) is 5.38 Å². The topological polar surface area (TPSA) is 114 Å². The van der Waals surface area contributed by atoms with Crippen molar-refractivity contribution in [3.05, 3.63) is 52.2 Å². The third-order valence-corrected chi connectivity index (χ3v) is 3.70. The van der Waals surface area contributed by atoms with E-state index >= 15 is 0 Å². The van der Waals surface area contributed by atoms with Gasteiger partial charge in [-0.2, -0.15) is 5.10 Å². The average molecular weight is 330 g/mol. The first-order valence-corrected chi connectivity index (χ1v) is 7.44. The zero-order valence-electron chi connectivity index (χ0n) is 12.2. The van der Waals surface area contributed by atoms with Gasteiger partial charge in [0, 0.05) is 5.69 Å². The van der Waals surface area contributed by atoms with E-state index in [0.29, 0.717) is 21.8 Å². The van der Waals surface area contributed by atoms with Crippen molar-refractivity contribution in [2.24, 2.45) is 10.8 Å². The standard InChI is InChI=1S/C15H14N4O3S/c1-9(18-19-15(22)13(16)20)10-4-2-5-11(8-10)17-14(21)12-6-3-7-23-12/h2-8H,1H3,(H2,16,20)(H,17,21)(H,19,22)/b18-9-. The Balaban J connectivity index is 2.10. The SMILES string of the molecule is C/C(=N/NC(=O)C(N)=O)c1cccc(NC(=O)c2cccs2)c1. The Bertz CT molecular complexity index is 769. The number of carbonyl (C=O) groups is 3. The number of nitrogens with one attached hydrogen (secondary N) is 2. The van der Waals surface area contributed by atoms with Gasteiger partial charge in [-0.25, -0.2) is 5.43 Å². The van der Waals surface area contributed by atoms with Gasteiger partial charge >= 0.3 is 11.8 Å². The first-order valence-electron chi connectivity index (χ1n) is 6.56. The van der Waals surface area contributed by atoms with Crippen molar-refractivity contribution in [1.29, 1.82) is 0 Å². The molecule has 1 aromatic heterocycles. The zero-order chi connectivity index (χ0) is 16.8. The number of thiophene rings is 1. The van der Waals surface area contributed by atoms with E-state index in [1.165, 1.54) is 11.3 Å². The molecule has 0 saturated carbocycles. The molecule has 0 spiro atoms. The summed E-state index contributed by atoms with van der Waals surface area (Å²) < 4.78 is 0. The number of nitrogens with zero attached hydrogens (tertiary/aromatic N) is 1. The molecule has 1 aromatic carbocycles. The summed E-state index contributed by atoms with van der Waals surface area (Å²) in [7, 11) is 0. The normalized spacial score (nSPS) is 10.9. The summed E-state index contributed by atoms with van der Waals surface area (Å²) in [5, 5.41) is 8.39. The number of amides is 3. The molecule has 4 N–H and O–H groups in total. The van der Waals surface area contributed by atoms with Crippen molar-refractivity contribution in [3.63, 3.8) is 0 Å². The lowest BCUT2D eigenvalue weighted by molar-refractivity contribution is -0.137. The van der Waals surface area contributed by atoms with Gasteiger partial charge in [-0.3, -0.25) is 14.4 Å². The van der Waals surface area contributed by atoms with Gasteiger partial charge in [0.25, 0.3) is 5.91 Å². The number of benzene rings is 1. The Labute approximate surface area is 136 Å². The van der Waals surface area contributed by atoms with Gasteiger partial charge in [-0.1, -0.05) is 18.2 Å². The van der Waals surface area contributed by atoms with Crippen LogP contribution in [0.1, 0.15) is 22.2 Å². The van der Waals surface area contributed by atoms with Gasteiger partial charge in [0.15, 0.2) is 0 Å². The summed E-state index contributed by atoms with van der Waals surface area (Å²) in [6, 6.07) is 10.5. The summed E-state index contributed by atoms with van der Waals surface area (Å²) in [5.41, 5.74) is 8.61. The molecule has 8 heteroatoms. The second kappa shape index (κ2) is 7.32. The first-order chi connectivity index (χ1) is 11.0. The maximum atomic E-state index is 12.0. The van der Waals surface area contributed by atoms with E-state index in [9.17, 15) is 14.4 Å². The number of rotatable bonds is 4. The van der Waals surface area contributed by atoms with Crippen molar-refractivity contribution < 1.29 is 14.4 Å². The fourth-order valence-electron chi connectivity index (χ4n) is 1.68. The lowest BCUT2D eigenvalue weighted by Gasteiger charge is -2.06. The highest BCUT2D eigenvalue weighted by Gasteiger charge is 2.09. The predicted molar refractivity (Wildman–Crippen MR) is 88.3 cm³/mol. The fraction of sp³-hybridized carbons (Fsp3) is 0.0667. The second-order valence-electron chi connectivity index (χ2n) is 4.51. The molecular weight excluding hydrogens is 316 g/mol. The number of hydrogen-bond donors (Lipinski definition) is 3. The van der Waals surface area contributed by atoms with Gasteiger partial charge in [0.05, 0.1) is 10.6 Å². The third-order valence-electron chi connectivity index (χ3n) is 2.83. The van der Waals surface area contributed by atoms with Crippen LogP contribution in [0.2, 0.25) is 0 Å². The van der Waals surface area contributed by atoms with Crippen molar-refractivity contribution in [2.45, 2.75) is 6.92 Å². The monoisotopic (exact) mass is 330 g/mol. The summed E-state index contributed by atoms with van der Waals surface area (Å²) in [5.74, 6) is -2.31. The zero-order valence-corrected chi connectivity index (χ0v) is 13.0. The van der Waals surface area contributed by atoms with Crippen LogP contribution in [0, 0.1) is 0 Å². The van der Waals surface area contributed by atoms with Crippen molar-refractivity contribution >= 4 is 40.5 Å². The molecule has 0 atom stereocenters. The highest BCUT2D eigenvalue weighted by molar-refractivity contribution is 7.12. The molecule has 118 valence electrons. The molecule has 23 heavy (non-hydrogen) atoms. The molecule has 2 rings (SSSR count). The molecule has 3 amide bonds. The summed E-state index contributed by atoms with van der Waals surface area (Å²) in [6.07, 6.45) is 0. The Morgan fingerprint density at radius 2 is 1.96 bits per heavy atom. The minimum atomic E-state index is -1.11. The smallest absolute Gasteiger partial charge is 0.329 e. The Kier molecular flexibility index (Phi) is 5.21. The third kappa shape index (κ3) is 4.48. The van der Waals surface area contributed by atoms with E-state index in [0.717, 1.165) is 0 Å². The number of nitrogens with two attached hydrogens (primary N) is 1. The van der Waals surface area contributed by atoms with E-state index in [2.05, 4.69) is 15.8 Å². The van der Waals surface area contributed by atoms with Crippen LogP contribution < -0.4 is 16.5 Å². The van der Waals surface area contributed by atoms with E-state index < -0.39 is 11.8 Å². The molecule has 0 aliphatic rings. The van der Waals surface area contributed by atoms with Gasteiger partial charge in [-0.15, -0.1) is 11.3 Å². The molecule has 0 aliphatic heterocycles. The Morgan fingerprint density at radius 3 is 2.61 bits per heavy atom. The molecule has 0 aliphatic carbocycles. The van der Waals surface area contributed by atoms with Crippen LogP contribution in [-0.4, -0.2) is 23.4 Å². The molecule has 7 nitrogen and oxygen atoms in total. The number of hydrazone groups is 1. The van der Waals surface area contributed by atoms with Gasteiger partial charge in [-0.05, 0) is 36.1 Å². The fourth-order valence-corrected chi connectivity index (χ4v) is 2.30. The average Bonchev–Trinajstić information content (AvgIpc) is 3.07. The Hall–Kier alpha value is -3.00. The van der Waals surface area contributed by atoms with Crippen LogP contribution in [0.3, 0.4) is 0 Å². The van der Waals surface area contributed by atoms with Crippen molar-refractivity contribution in [3.8, 4) is 0 Å². The minimum Gasteiger partial charge on any atom is -0.361 e. The minimum absolute atomic E-state index is 0.200. The van der Waals surface area contributed by atoms with Crippen molar-refractivity contribution in [2.75, 3.05) is 5.32 Å². The first kappa shape index (κ1) is 16.4. The lowest BCUT2D eigenvalue weighted by Crippen LogP contribution is -2.33. The van der Waals surface area contributed by atoms with E-state index in [-0.39, 0.29) is 5.91 Å². The van der Waals surface area contributed by atoms with Crippen LogP contribution in [0.15, 0.2) is 46.9 Å². The molecule has 0 unspecified atom stereocenters. The summed E-state index contributed by atoms with van der Waals surface area (Å²) in [4.78, 5) is 34.3. The molecule has 0 bridgehead atoms. The quantitative estimate of drug-likeness (QED) is 0.446. The maximum absolute atomic E-state index is 12.0. The molecule has 1 heterocycles.